The van der Waals surface area contributed by atoms with E-state index in [0.717, 1.165) is 32.3 Å². The lowest BCUT2D eigenvalue weighted by atomic mass is 10.1. The molecule has 19 heavy (non-hydrogen) atoms. The summed E-state index contributed by atoms with van der Waals surface area (Å²) in [7, 11) is 0. The molecular weight excluding hydrogens is 247 g/mol. The zero-order chi connectivity index (χ0) is 13.7. The molecule has 1 aliphatic rings. The predicted molar refractivity (Wildman–Crippen MR) is 70.7 cm³/mol. The summed E-state index contributed by atoms with van der Waals surface area (Å²) in [4.78, 5) is 0. The Hall–Kier alpha value is -1.13. The molecule has 2 rings (SSSR count). The summed E-state index contributed by atoms with van der Waals surface area (Å²) in [6, 6.07) is 4.23. The van der Waals surface area contributed by atoms with Crippen molar-refractivity contribution in [1.29, 1.82) is 0 Å². The molecule has 2 atom stereocenters. The Morgan fingerprint density at radius 1 is 1.53 bits per heavy atom. The third-order valence-corrected chi connectivity index (χ3v) is 3.38. The summed E-state index contributed by atoms with van der Waals surface area (Å²) in [6.45, 7) is 3.02. The molecule has 0 amide bonds. The van der Waals surface area contributed by atoms with Gasteiger partial charge in [0.1, 0.15) is 11.6 Å². The van der Waals surface area contributed by atoms with Gasteiger partial charge in [-0.05, 0) is 44.7 Å². The van der Waals surface area contributed by atoms with E-state index in [1.807, 2.05) is 0 Å². The Balaban J connectivity index is 1.82. The number of hydrogen-bond acceptors (Lipinski definition) is 3. The van der Waals surface area contributed by atoms with Crippen LogP contribution in [0.2, 0.25) is 0 Å². The SMILES string of the molecule is C[C@@H](O)c1ccc(F)cc1OCCCC1CCCO1. The second-order valence-electron chi connectivity index (χ2n) is 4.98. The van der Waals surface area contributed by atoms with Gasteiger partial charge in [-0.15, -0.1) is 0 Å². The molecule has 0 aliphatic carbocycles. The van der Waals surface area contributed by atoms with Crippen LogP contribution in [-0.4, -0.2) is 24.4 Å². The van der Waals surface area contributed by atoms with Crippen LogP contribution in [-0.2, 0) is 4.74 Å². The maximum Gasteiger partial charge on any atom is 0.127 e. The molecule has 3 nitrogen and oxygen atoms in total. The van der Waals surface area contributed by atoms with Crippen molar-refractivity contribution in [3.8, 4) is 5.75 Å². The van der Waals surface area contributed by atoms with E-state index in [1.165, 1.54) is 12.1 Å². The van der Waals surface area contributed by atoms with Gasteiger partial charge in [0.15, 0.2) is 0 Å². The summed E-state index contributed by atoms with van der Waals surface area (Å²) in [5.74, 6) is 0.0841. The van der Waals surface area contributed by atoms with Gasteiger partial charge in [0, 0.05) is 18.2 Å². The van der Waals surface area contributed by atoms with Gasteiger partial charge < -0.3 is 14.6 Å². The average Bonchev–Trinajstić information content (AvgIpc) is 2.87. The Bertz CT molecular complexity index is 400. The molecule has 106 valence electrons. The highest BCUT2D eigenvalue weighted by Gasteiger charge is 2.15. The summed E-state index contributed by atoms with van der Waals surface area (Å²) < 4.78 is 24.3. The van der Waals surface area contributed by atoms with Crippen LogP contribution in [0.4, 0.5) is 4.39 Å². The van der Waals surface area contributed by atoms with Gasteiger partial charge in [0.05, 0.1) is 18.8 Å². The maximum atomic E-state index is 13.2. The smallest absolute Gasteiger partial charge is 0.127 e. The quantitative estimate of drug-likeness (QED) is 0.805. The zero-order valence-electron chi connectivity index (χ0n) is 11.3. The van der Waals surface area contributed by atoms with E-state index in [0.29, 0.717) is 24.0 Å². The molecule has 1 aromatic carbocycles. The number of aliphatic hydroxyl groups excluding tert-OH is 1. The van der Waals surface area contributed by atoms with E-state index in [1.54, 1.807) is 13.0 Å². The van der Waals surface area contributed by atoms with Gasteiger partial charge in [0.25, 0.3) is 0 Å². The normalized spacial score (nSPS) is 20.5. The minimum Gasteiger partial charge on any atom is -0.493 e. The van der Waals surface area contributed by atoms with Crippen LogP contribution in [0.5, 0.6) is 5.75 Å². The number of rotatable bonds is 6. The molecule has 1 heterocycles. The van der Waals surface area contributed by atoms with Crippen LogP contribution in [0, 0.1) is 5.82 Å². The highest BCUT2D eigenvalue weighted by molar-refractivity contribution is 5.35. The third-order valence-electron chi connectivity index (χ3n) is 3.38. The number of ether oxygens (including phenoxy) is 2. The minimum absolute atomic E-state index is 0.349. The number of aliphatic hydroxyl groups is 1. The number of hydrogen-bond donors (Lipinski definition) is 1. The minimum atomic E-state index is -0.659. The van der Waals surface area contributed by atoms with Gasteiger partial charge in [-0.1, -0.05) is 0 Å². The Labute approximate surface area is 113 Å². The zero-order valence-corrected chi connectivity index (χ0v) is 11.3. The van der Waals surface area contributed by atoms with E-state index < -0.39 is 6.10 Å². The van der Waals surface area contributed by atoms with Gasteiger partial charge in [-0.25, -0.2) is 4.39 Å². The second kappa shape index (κ2) is 6.87. The fraction of sp³-hybridized carbons (Fsp3) is 0.600. The topological polar surface area (TPSA) is 38.7 Å². The molecule has 0 bridgehead atoms. The molecule has 1 N–H and O–H groups in total. The molecule has 1 aromatic rings. The second-order valence-corrected chi connectivity index (χ2v) is 4.98. The fourth-order valence-corrected chi connectivity index (χ4v) is 2.34. The van der Waals surface area contributed by atoms with Crippen LogP contribution in [0.15, 0.2) is 18.2 Å². The fourth-order valence-electron chi connectivity index (χ4n) is 2.34. The third kappa shape index (κ3) is 4.18. The first kappa shape index (κ1) is 14.3. The average molecular weight is 268 g/mol. The van der Waals surface area contributed by atoms with Gasteiger partial charge in [-0.2, -0.15) is 0 Å². The van der Waals surface area contributed by atoms with Crippen molar-refractivity contribution in [2.24, 2.45) is 0 Å². The van der Waals surface area contributed by atoms with Gasteiger partial charge >= 0.3 is 0 Å². The van der Waals surface area contributed by atoms with Crippen LogP contribution in [0.25, 0.3) is 0 Å². The number of benzene rings is 1. The van der Waals surface area contributed by atoms with E-state index in [9.17, 15) is 9.50 Å². The van der Waals surface area contributed by atoms with E-state index in [4.69, 9.17) is 9.47 Å². The summed E-state index contributed by atoms with van der Waals surface area (Å²) >= 11 is 0. The van der Waals surface area contributed by atoms with Crippen molar-refractivity contribution in [2.45, 2.75) is 44.8 Å². The molecular formula is C15H21FO3. The first-order chi connectivity index (χ1) is 9.16. The molecule has 4 heteroatoms. The predicted octanol–water partition coefficient (Wildman–Crippen LogP) is 3.22. The van der Waals surface area contributed by atoms with Crippen LogP contribution >= 0.6 is 0 Å². The van der Waals surface area contributed by atoms with Crippen molar-refractivity contribution in [3.05, 3.63) is 29.6 Å². The van der Waals surface area contributed by atoms with Crippen molar-refractivity contribution in [3.63, 3.8) is 0 Å². The summed E-state index contributed by atoms with van der Waals surface area (Å²) in [5, 5.41) is 9.60. The molecule has 0 spiro atoms. The summed E-state index contributed by atoms with van der Waals surface area (Å²) in [6.07, 6.45) is 3.81. The molecule has 1 aliphatic heterocycles. The van der Waals surface area contributed by atoms with Crippen LogP contribution < -0.4 is 4.74 Å². The molecule has 1 fully saturated rings. The summed E-state index contributed by atoms with van der Waals surface area (Å²) in [5.41, 5.74) is 0.624. The van der Waals surface area contributed by atoms with Gasteiger partial charge in [-0.3, -0.25) is 0 Å². The van der Waals surface area contributed by atoms with Crippen molar-refractivity contribution < 1.29 is 19.0 Å². The molecule has 1 unspecified atom stereocenters. The monoisotopic (exact) mass is 268 g/mol. The van der Waals surface area contributed by atoms with Crippen molar-refractivity contribution >= 4 is 0 Å². The van der Waals surface area contributed by atoms with E-state index in [-0.39, 0.29) is 5.82 Å². The lowest BCUT2D eigenvalue weighted by Gasteiger charge is -2.14. The standard InChI is InChI=1S/C15H21FO3/c1-11(17)14-7-6-12(16)10-15(14)19-9-3-5-13-4-2-8-18-13/h6-7,10-11,13,17H,2-5,8-9H2,1H3/t11-,13?/m1/s1. The lowest BCUT2D eigenvalue weighted by molar-refractivity contribution is 0.0978. The molecule has 1 saturated heterocycles. The highest BCUT2D eigenvalue weighted by Crippen LogP contribution is 2.26. The Kier molecular flexibility index (Phi) is 5.16. The first-order valence-corrected chi connectivity index (χ1v) is 6.88. The van der Waals surface area contributed by atoms with E-state index in [2.05, 4.69) is 0 Å². The highest BCUT2D eigenvalue weighted by atomic mass is 19.1. The maximum absolute atomic E-state index is 13.2. The van der Waals surface area contributed by atoms with Crippen LogP contribution in [0.3, 0.4) is 0 Å². The van der Waals surface area contributed by atoms with E-state index >= 15 is 0 Å². The van der Waals surface area contributed by atoms with Gasteiger partial charge in [0.2, 0.25) is 0 Å². The largest absolute Gasteiger partial charge is 0.493 e. The molecule has 0 aromatic heterocycles. The Morgan fingerprint density at radius 3 is 3.05 bits per heavy atom. The Morgan fingerprint density at radius 2 is 2.37 bits per heavy atom. The first-order valence-electron chi connectivity index (χ1n) is 6.88. The number of halogens is 1. The lowest BCUT2D eigenvalue weighted by Crippen LogP contribution is -2.08. The van der Waals surface area contributed by atoms with Crippen molar-refractivity contribution in [2.75, 3.05) is 13.2 Å². The van der Waals surface area contributed by atoms with Crippen LogP contribution in [0.1, 0.15) is 44.3 Å². The van der Waals surface area contributed by atoms with Crippen molar-refractivity contribution in [1.82, 2.24) is 0 Å². The molecule has 0 radical (unpaired) electrons. The molecule has 0 saturated carbocycles.